The summed E-state index contributed by atoms with van der Waals surface area (Å²) < 4.78 is 4.95. The lowest BCUT2D eigenvalue weighted by Gasteiger charge is -2.33. The van der Waals surface area contributed by atoms with Crippen molar-refractivity contribution >= 4 is 0 Å². The van der Waals surface area contributed by atoms with Crippen LogP contribution in [0.2, 0.25) is 0 Å². The fourth-order valence-electron chi connectivity index (χ4n) is 2.38. The molecule has 0 bridgehead atoms. The molecule has 0 amide bonds. The molecule has 0 aromatic carbocycles. The summed E-state index contributed by atoms with van der Waals surface area (Å²) in [4.78, 5) is 2.36. The van der Waals surface area contributed by atoms with E-state index in [1.807, 2.05) is 0 Å². The van der Waals surface area contributed by atoms with E-state index in [0.717, 1.165) is 38.6 Å². The number of ether oxygens (including phenoxy) is 1. The lowest BCUT2D eigenvalue weighted by molar-refractivity contribution is 0.0271. The quantitative estimate of drug-likeness (QED) is 0.661. The van der Waals surface area contributed by atoms with Crippen molar-refractivity contribution in [3.8, 4) is 0 Å². The van der Waals surface area contributed by atoms with Crippen LogP contribution in [0.5, 0.6) is 0 Å². The van der Waals surface area contributed by atoms with Gasteiger partial charge in [0.2, 0.25) is 0 Å². The van der Waals surface area contributed by atoms with Crippen LogP contribution >= 0.6 is 0 Å². The molecular formula is C12H26N2O2. The molecule has 1 rings (SSSR count). The van der Waals surface area contributed by atoms with Crippen LogP contribution in [-0.4, -0.2) is 62.6 Å². The Labute approximate surface area is 99.0 Å². The summed E-state index contributed by atoms with van der Waals surface area (Å²) in [6.07, 6.45) is 2.21. The largest absolute Gasteiger partial charge is 0.389 e. The van der Waals surface area contributed by atoms with Crippen LogP contribution in [0.1, 0.15) is 19.8 Å². The number of aliphatic hydroxyl groups is 1. The van der Waals surface area contributed by atoms with Crippen LogP contribution in [0.15, 0.2) is 0 Å². The summed E-state index contributed by atoms with van der Waals surface area (Å²) in [5, 5.41) is 13.1. The van der Waals surface area contributed by atoms with Gasteiger partial charge in [0, 0.05) is 20.2 Å². The highest BCUT2D eigenvalue weighted by Gasteiger charge is 2.21. The molecule has 0 aliphatic carbocycles. The van der Waals surface area contributed by atoms with Crippen LogP contribution in [0.3, 0.4) is 0 Å². The van der Waals surface area contributed by atoms with Gasteiger partial charge in [0.15, 0.2) is 0 Å². The van der Waals surface area contributed by atoms with Gasteiger partial charge in [-0.25, -0.2) is 0 Å². The Hall–Kier alpha value is -0.160. The van der Waals surface area contributed by atoms with Crippen LogP contribution in [0.4, 0.5) is 0 Å². The normalized spacial score (nSPS) is 24.6. The molecule has 4 nitrogen and oxygen atoms in total. The molecule has 16 heavy (non-hydrogen) atoms. The lowest BCUT2D eigenvalue weighted by atomic mass is 9.98. The number of likely N-dealkylation sites (tertiary alicyclic amines) is 1. The number of β-amino-alcohol motifs (C(OH)–C–C–N with tert-alkyl or cyclic N) is 1. The number of methoxy groups -OCH3 is 1. The average molecular weight is 230 g/mol. The minimum atomic E-state index is -0.345. The number of rotatable bonds is 7. The number of piperidine rings is 1. The zero-order valence-electron chi connectivity index (χ0n) is 10.6. The second kappa shape index (κ2) is 8.01. The molecule has 1 aliphatic rings. The van der Waals surface area contributed by atoms with Crippen molar-refractivity contribution in [3.05, 3.63) is 0 Å². The van der Waals surface area contributed by atoms with Crippen molar-refractivity contribution in [3.63, 3.8) is 0 Å². The fourth-order valence-corrected chi connectivity index (χ4v) is 2.38. The van der Waals surface area contributed by atoms with Crippen molar-refractivity contribution in [2.24, 2.45) is 5.92 Å². The Balaban J connectivity index is 2.21. The maximum atomic E-state index is 9.68. The molecule has 2 unspecified atom stereocenters. The van der Waals surface area contributed by atoms with Crippen LogP contribution in [0.25, 0.3) is 0 Å². The molecule has 2 atom stereocenters. The van der Waals surface area contributed by atoms with E-state index in [2.05, 4.69) is 17.1 Å². The van der Waals surface area contributed by atoms with Gasteiger partial charge in [-0.05, 0) is 38.4 Å². The molecule has 0 saturated carbocycles. The minimum Gasteiger partial charge on any atom is -0.389 e. The van der Waals surface area contributed by atoms with E-state index in [0.29, 0.717) is 6.61 Å². The first kappa shape index (κ1) is 13.9. The van der Waals surface area contributed by atoms with Gasteiger partial charge in [-0.3, -0.25) is 0 Å². The van der Waals surface area contributed by atoms with E-state index in [1.165, 1.54) is 12.8 Å². The summed E-state index contributed by atoms with van der Waals surface area (Å²) in [6.45, 7) is 7.70. The fraction of sp³-hybridized carbons (Fsp3) is 1.00. The van der Waals surface area contributed by atoms with E-state index >= 15 is 0 Å². The highest BCUT2D eigenvalue weighted by Crippen LogP contribution is 2.15. The number of hydrogen-bond acceptors (Lipinski definition) is 4. The molecular weight excluding hydrogens is 204 g/mol. The number of nitrogens with one attached hydrogen (secondary N) is 1. The SMILES string of the molecule is CCNCC1CCCN(CC(O)COC)C1. The molecule has 96 valence electrons. The van der Waals surface area contributed by atoms with Gasteiger partial charge < -0.3 is 20.1 Å². The molecule has 4 heteroatoms. The van der Waals surface area contributed by atoms with Gasteiger partial charge in [-0.1, -0.05) is 6.92 Å². The molecule has 1 fully saturated rings. The van der Waals surface area contributed by atoms with E-state index in [1.54, 1.807) is 7.11 Å². The standard InChI is InChI=1S/C12H26N2O2/c1-3-13-7-11-5-4-6-14(8-11)9-12(15)10-16-2/h11-13,15H,3-10H2,1-2H3. The Morgan fingerprint density at radius 2 is 2.38 bits per heavy atom. The first-order valence-corrected chi connectivity index (χ1v) is 6.36. The molecule has 0 radical (unpaired) electrons. The van der Waals surface area contributed by atoms with Crippen molar-refractivity contribution < 1.29 is 9.84 Å². The van der Waals surface area contributed by atoms with Crippen molar-refractivity contribution in [1.29, 1.82) is 0 Å². The van der Waals surface area contributed by atoms with Crippen molar-refractivity contribution in [1.82, 2.24) is 10.2 Å². The average Bonchev–Trinajstić information content (AvgIpc) is 2.27. The lowest BCUT2D eigenvalue weighted by Crippen LogP contribution is -2.43. The topological polar surface area (TPSA) is 44.7 Å². The number of aliphatic hydroxyl groups excluding tert-OH is 1. The summed E-state index contributed by atoms with van der Waals surface area (Å²) in [6, 6.07) is 0. The monoisotopic (exact) mass is 230 g/mol. The smallest absolute Gasteiger partial charge is 0.0900 e. The number of hydrogen-bond donors (Lipinski definition) is 2. The second-order valence-electron chi connectivity index (χ2n) is 4.68. The Morgan fingerprint density at radius 1 is 1.56 bits per heavy atom. The molecule has 1 heterocycles. The predicted molar refractivity (Wildman–Crippen MR) is 65.6 cm³/mol. The van der Waals surface area contributed by atoms with Gasteiger partial charge in [-0.2, -0.15) is 0 Å². The highest BCUT2D eigenvalue weighted by molar-refractivity contribution is 4.76. The third kappa shape index (κ3) is 5.25. The molecule has 0 aromatic heterocycles. The summed E-state index contributed by atoms with van der Waals surface area (Å²) >= 11 is 0. The van der Waals surface area contributed by atoms with Crippen LogP contribution in [0, 0.1) is 5.92 Å². The van der Waals surface area contributed by atoms with E-state index in [4.69, 9.17) is 4.74 Å². The van der Waals surface area contributed by atoms with E-state index in [-0.39, 0.29) is 6.10 Å². The first-order chi connectivity index (χ1) is 7.76. The summed E-state index contributed by atoms with van der Waals surface area (Å²) in [5.41, 5.74) is 0. The first-order valence-electron chi connectivity index (χ1n) is 6.36. The van der Waals surface area contributed by atoms with E-state index < -0.39 is 0 Å². The van der Waals surface area contributed by atoms with Crippen LogP contribution < -0.4 is 5.32 Å². The maximum absolute atomic E-state index is 9.68. The van der Waals surface area contributed by atoms with Gasteiger partial charge in [-0.15, -0.1) is 0 Å². The van der Waals surface area contributed by atoms with Gasteiger partial charge >= 0.3 is 0 Å². The third-order valence-electron chi connectivity index (χ3n) is 3.11. The predicted octanol–water partition coefficient (Wildman–Crippen LogP) is 0.315. The molecule has 1 saturated heterocycles. The summed E-state index contributed by atoms with van der Waals surface area (Å²) in [7, 11) is 1.63. The molecule has 0 aromatic rings. The van der Waals surface area contributed by atoms with Crippen molar-refractivity contribution in [2.45, 2.75) is 25.9 Å². The minimum absolute atomic E-state index is 0.345. The maximum Gasteiger partial charge on any atom is 0.0900 e. The Morgan fingerprint density at radius 3 is 3.06 bits per heavy atom. The number of nitrogens with zero attached hydrogens (tertiary/aromatic N) is 1. The Kier molecular flexibility index (Phi) is 6.96. The Bertz CT molecular complexity index is 178. The second-order valence-corrected chi connectivity index (χ2v) is 4.68. The van der Waals surface area contributed by atoms with Crippen LogP contribution in [-0.2, 0) is 4.74 Å². The summed E-state index contributed by atoms with van der Waals surface area (Å²) in [5.74, 6) is 0.739. The van der Waals surface area contributed by atoms with E-state index in [9.17, 15) is 5.11 Å². The van der Waals surface area contributed by atoms with Crippen molar-refractivity contribution in [2.75, 3.05) is 46.4 Å². The van der Waals surface area contributed by atoms with Gasteiger partial charge in [0.25, 0.3) is 0 Å². The zero-order chi connectivity index (χ0) is 11.8. The zero-order valence-corrected chi connectivity index (χ0v) is 10.6. The third-order valence-corrected chi connectivity index (χ3v) is 3.11. The molecule has 2 N–H and O–H groups in total. The van der Waals surface area contributed by atoms with Gasteiger partial charge in [0.1, 0.15) is 0 Å². The molecule has 1 aliphatic heterocycles. The molecule has 0 spiro atoms. The highest BCUT2D eigenvalue weighted by atomic mass is 16.5. The van der Waals surface area contributed by atoms with Gasteiger partial charge in [0.05, 0.1) is 12.7 Å².